The van der Waals surface area contributed by atoms with E-state index in [1.54, 1.807) is 0 Å². The van der Waals surface area contributed by atoms with Crippen molar-refractivity contribution in [1.29, 1.82) is 0 Å². The van der Waals surface area contributed by atoms with Gasteiger partial charge in [0.2, 0.25) is 0 Å². The molecule has 0 aliphatic rings. The number of benzene rings is 2. The number of anilines is 2. The number of hydrogen-bond acceptors (Lipinski definition) is 2. The van der Waals surface area contributed by atoms with Crippen LogP contribution in [0.15, 0.2) is 42.5 Å². The molecule has 0 saturated carbocycles. The van der Waals surface area contributed by atoms with Gasteiger partial charge in [0, 0.05) is 16.8 Å². The first kappa shape index (κ1) is 15.4. The van der Waals surface area contributed by atoms with E-state index < -0.39 is 0 Å². The van der Waals surface area contributed by atoms with Gasteiger partial charge in [0.1, 0.15) is 0 Å². The van der Waals surface area contributed by atoms with Crippen molar-refractivity contribution in [3.8, 4) is 0 Å². The summed E-state index contributed by atoms with van der Waals surface area (Å²) >= 11 is 0. The third-order valence-corrected chi connectivity index (χ3v) is 4.59. The van der Waals surface area contributed by atoms with Crippen LogP contribution >= 0.6 is 0 Å². The monoisotopic (exact) mass is 282 g/mol. The number of unbranched alkanes of at least 4 members (excludes halogenated alkanes) is 1. The first-order chi connectivity index (χ1) is 10.0. The molecule has 1 atom stereocenters. The van der Waals surface area contributed by atoms with E-state index in [9.17, 15) is 0 Å². The summed E-state index contributed by atoms with van der Waals surface area (Å²) in [5.41, 5.74) is 17.4. The van der Waals surface area contributed by atoms with Crippen molar-refractivity contribution in [2.24, 2.45) is 0 Å². The average Bonchev–Trinajstić information content (AvgIpc) is 2.51. The minimum Gasteiger partial charge on any atom is -0.398 e. The van der Waals surface area contributed by atoms with Crippen LogP contribution in [0.2, 0.25) is 0 Å². The van der Waals surface area contributed by atoms with Crippen molar-refractivity contribution >= 4 is 11.4 Å². The van der Waals surface area contributed by atoms with E-state index >= 15 is 0 Å². The van der Waals surface area contributed by atoms with Crippen LogP contribution in [0.3, 0.4) is 0 Å². The van der Waals surface area contributed by atoms with Crippen molar-refractivity contribution in [1.82, 2.24) is 0 Å². The molecule has 2 heteroatoms. The van der Waals surface area contributed by atoms with Crippen LogP contribution < -0.4 is 11.5 Å². The standard InChI is InChI=1S/C19H26N2/c1-4-5-13-19(3,15-9-7-6-8-10-15)16-11-12-17(20)14(2)18(16)21/h6-12H,4-5,13,20-21H2,1-3H3. The fraction of sp³-hybridized carbons (Fsp3) is 0.368. The minimum absolute atomic E-state index is 0.0696. The van der Waals surface area contributed by atoms with Gasteiger partial charge in [0.05, 0.1) is 0 Å². The Labute approximate surface area is 128 Å². The van der Waals surface area contributed by atoms with Crippen molar-refractivity contribution in [2.75, 3.05) is 11.5 Å². The van der Waals surface area contributed by atoms with Crippen LogP contribution in [0.4, 0.5) is 11.4 Å². The molecule has 2 aromatic rings. The zero-order chi connectivity index (χ0) is 15.5. The van der Waals surface area contributed by atoms with Gasteiger partial charge in [-0.2, -0.15) is 0 Å². The second-order valence-electron chi connectivity index (χ2n) is 6.04. The molecule has 0 aromatic heterocycles. The molecule has 0 fully saturated rings. The highest BCUT2D eigenvalue weighted by atomic mass is 14.6. The Morgan fingerprint density at radius 1 is 1.00 bits per heavy atom. The van der Waals surface area contributed by atoms with Crippen LogP contribution in [0.25, 0.3) is 0 Å². The summed E-state index contributed by atoms with van der Waals surface area (Å²) in [7, 11) is 0. The van der Waals surface area contributed by atoms with Gasteiger partial charge in [0.15, 0.2) is 0 Å². The van der Waals surface area contributed by atoms with Crippen LogP contribution in [0.1, 0.15) is 49.8 Å². The summed E-state index contributed by atoms with van der Waals surface area (Å²) in [6.07, 6.45) is 3.44. The van der Waals surface area contributed by atoms with Gasteiger partial charge in [-0.15, -0.1) is 0 Å². The Morgan fingerprint density at radius 2 is 1.67 bits per heavy atom. The summed E-state index contributed by atoms with van der Waals surface area (Å²) in [6.45, 7) is 6.52. The molecule has 0 bridgehead atoms. The zero-order valence-corrected chi connectivity index (χ0v) is 13.3. The smallest absolute Gasteiger partial charge is 0.0406 e. The van der Waals surface area contributed by atoms with Crippen LogP contribution in [0.5, 0.6) is 0 Å². The second kappa shape index (κ2) is 6.21. The highest BCUT2D eigenvalue weighted by molar-refractivity contribution is 5.67. The Kier molecular flexibility index (Phi) is 4.56. The van der Waals surface area contributed by atoms with E-state index in [1.165, 1.54) is 24.0 Å². The topological polar surface area (TPSA) is 52.0 Å². The average molecular weight is 282 g/mol. The van der Waals surface area contributed by atoms with Crippen molar-refractivity contribution < 1.29 is 0 Å². The lowest BCUT2D eigenvalue weighted by atomic mass is 9.71. The minimum atomic E-state index is -0.0696. The molecule has 0 spiro atoms. The molecule has 1 unspecified atom stereocenters. The molecular weight excluding hydrogens is 256 g/mol. The molecule has 2 nitrogen and oxygen atoms in total. The summed E-state index contributed by atoms with van der Waals surface area (Å²) in [4.78, 5) is 0. The Morgan fingerprint density at radius 3 is 2.29 bits per heavy atom. The summed E-state index contributed by atoms with van der Waals surface area (Å²) in [5.74, 6) is 0. The van der Waals surface area contributed by atoms with E-state index in [-0.39, 0.29) is 5.41 Å². The summed E-state index contributed by atoms with van der Waals surface area (Å²) < 4.78 is 0. The maximum atomic E-state index is 6.40. The summed E-state index contributed by atoms with van der Waals surface area (Å²) in [5, 5.41) is 0. The Bertz CT molecular complexity index is 604. The predicted octanol–water partition coefficient (Wildman–Crippen LogP) is 4.66. The SMILES string of the molecule is CCCCC(C)(c1ccccc1)c1ccc(N)c(C)c1N. The van der Waals surface area contributed by atoms with Gasteiger partial charge >= 0.3 is 0 Å². The van der Waals surface area contributed by atoms with Crippen molar-refractivity contribution in [2.45, 2.75) is 45.4 Å². The molecule has 4 N–H and O–H groups in total. The molecule has 2 aromatic carbocycles. The fourth-order valence-electron chi connectivity index (χ4n) is 3.00. The number of hydrogen-bond donors (Lipinski definition) is 2. The van der Waals surface area contributed by atoms with Crippen molar-refractivity contribution in [3.05, 3.63) is 59.2 Å². The first-order valence-electron chi connectivity index (χ1n) is 7.71. The lowest BCUT2D eigenvalue weighted by Crippen LogP contribution is -2.25. The van der Waals surface area contributed by atoms with Gasteiger partial charge in [-0.05, 0) is 36.1 Å². The maximum Gasteiger partial charge on any atom is 0.0406 e. The zero-order valence-electron chi connectivity index (χ0n) is 13.3. The first-order valence-corrected chi connectivity index (χ1v) is 7.71. The number of nitrogens with two attached hydrogens (primary N) is 2. The van der Waals surface area contributed by atoms with Gasteiger partial charge < -0.3 is 11.5 Å². The van der Waals surface area contributed by atoms with E-state index in [1.807, 2.05) is 13.0 Å². The van der Waals surface area contributed by atoms with Gasteiger partial charge in [-0.25, -0.2) is 0 Å². The molecule has 2 rings (SSSR count). The summed E-state index contributed by atoms with van der Waals surface area (Å²) in [6, 6.07) is 14.7. The van der Waals surface area contributed by atoms with Crippen molar-refractivity contribution in [3.63, 3.8) is 0 Å². The lowest BCUT2D eigenvalue weighted by molar-refractivity contribution is 0.494. The molecule has 0 amide bonds. The molecule has 0 aliphatic carbocycles. The van der Waals surface area contributed by atoms with Crippen LogP contribution in [-0.2, 0) is 5.41 Å². The number of nitrogen functional groups attached to an aromatic ring is 2. The molecule has 0 saturated heterocycles. The van der Waals surface area contributed by atoms with E-state index in [4.69, 9.17) is 11.5 Å². The highest BCUT2D eigenvalue weighted by Gasteiger charge is 2.30. The van der Waals surface area contributed by atoms with E-state index in [0.29, 0.717) is 0 Å². The normalized spacial score (nSPS) is 13.9. The molecule has 0 heterocycles. The molecule has 112 valence electrons. The molecule has 0 radical (unpaired) electrons. The Balaban J connectivity index is 2.58. The third-order valence-electron chi connectivity index (χ3n) is 4.59. The second-order valence-corrected chi connectivity index (χ2v) is 6.04. The molecular formula is C19H26N2. The maximum absolute atomic E-state index is 6.40. The fourth-order valence-corrected chi connectivity index (χ4v) is 3.00. The van der Waals surface area contributed by atoms with Crippen LogP contribution in [-0.4, -0.2) is 0 Å². The molecule has 21 heavy (non-hydrogen) atoms. The Hall–Kier alpha value is -1.96. The van der Waals surface area contributed by atoms with Gasteiger partial charge in [-0.3, -0.25) is 0 Å². The van der Waals surface area contributed by atoms with Gasteiger partial charge in [0.25, 0.3) is 0 Å². The molecule has 0 aliphatic heterocycles. The van der Waals surface area contributed by atoms with Gasteiger partial charge in [-0.1, -0.05) is 63.1 Å². The largest absolute Gasteiger partial charge is 0.398 e. The predicted molar refractivity (Wildman–Crippen MR) is 92.4 cm³/mol. The quantitative estimate of drug-likeness (QED) is 0.784. The van der Waals surface area contributed by atoms with Crippen LogP contribution in [0, 0.1) is 6.92 Å². The lowest BCUT2D eigenvalue weighted by Gasteiger charge is -2.33. The van der Waals surface area contributed by atoms with E-state index in [2.05, 4.69) is 50.2 Å². The van der Waals surface area contributed by atoms with E-state index in [0.717, 1.165) is 23.4 Å². The number of rotatable bonds is 5. The third kappa shape index (κ3) is 2.90. The highest BCUT2D eigenvalue weighted by Crippen LogP contribution is 2.41.